The summed E-state index contributed by atoms with van der Waals surface area (Å²) in [5.74, 6) is -1.36. The summed E-state index contributed by atoms with van der Waals surface area (Å²) in [4.78, 5) is 10.9. The fraction of sp³-hybridized carbons (Fsp3) is 0.833. The number of hydrogen-bond donors (Lipinski definition) is 5. The molecule has 5 N–H and O–H groups in total. The SMILES string of the molecule is [2H]C([2H])(O)[C@@H](O)[C@@H](O)C(=O)[C@@H](O)CO. The van der Waals surface area contributed by atoms with Crippen LogP contribution in [0.2, 0.25) is 0 Å². The maximum atomic E-state index is 10.9. The first-order valence-corrected chi connectivity index (χ1v) is 3.13. The van der Waals surface area contributed by atoms with E-state index in [1.54, 1.807) is 0 Å². The average Bonchev–Trinajstić information content (AvgIpc) is 2.11. The Morgan fingerprint density at radius 2 is 1.83 bits per heavy atom. The van der Waals surface area contributed by atoms with Crippen LogP contribution in [0, 0.1) is 0 Å². The van der Waals surface area contributed by atoms with Crippen molar-refractivity contribution in [3.05, 3.63) is 0 Å². The highest BCUT2D eigenvalue weighted by atomic mass is 16.4. The quantitative estimate of drug-likeness (QED) is 0.303. The Kier molecular flexibility index (Phi) is 3.49. The Bertz CT molecular complexity index is 203. The molecule has 0 aromatic heterocycles. The second kappa shape index (κ2) is 5.18. The Hall–Kier alpha value is -0.530. The molecule has 0 saturated heterocycles. The molecule has 0 rings (SSSR count). The van der Waals surface area contributed by atoms with Gasteiger partial charge in [0.05, 0.1) is 15.9 Å². The molecule has 12 heavy (non-hydrogen) atoms. The second-order valence-electron chi connectivity index (χ2n) is 2.12. The number of rotatable bonds is 5. The van der Waals surface area contributed by atoms with E-state index in [4.69, 9.17) is 28.3 Å². The van der Waals surface area contributed by atoms with Gasteiger partial charge in [-0.25, -0.2) is 0 Å². The van der Waals surface area contributed by atoms with Crippen molar-refractivity contribution in [3.63, 3.8) is 0 Å². The zero-order valence-corrected chi connectivity index (χ0v) is 6.08. The molecule has 0 aromatic carbocycles. The fourth-order valence-electron chi connectivity index (χ4n) is 0.513. The molecule has 0 aliphatic heterocycles. The predicted molar refractivity (Wildman–Crippen MR) is 37.2 cm³/mol. The summed E-state index contributed by atoms with van der Waals surface area (Å²) in [5.41, 5.74) is 0. The largest absolute Gasteiger partial charge is 0.394 e. The van der Waals surface area contributed by atoms with Crippen molar-refractivity contribution in [2.45, 2.75) is 18.3 Å². The smallest absolute Gasteiger partial charge is 0.194 e. The van der Waals surface area contributed by atoms with E-state index in [-0.39, 0.29) is 0 Å². The first kappa shape index (κ1) is 8.09. The van der Waals surface area contributed by atoms with Crippen molar-refractivity contribution in [2.75, 3.05) is 13.2 Å². The van der Waals surface area contributed by atoms with E-state index in [0.717, 1.165) is 0 Å². The van der Waals surface area contributed by atoms with Gasteiger partial charge < -0.3 is 25.5 Å². The van der Waals surface area contributed by atoms with Gasteiger partial charge in [0.25, 0.3) is 0 Å². The van der Waals surface area contributed by atoms with Crippen LogP contribution in [0.25, 0.3) is 0 Å². The molecule has 6 heteroatoms. The monoisotopic (exact) mass is 182 g/mol. The van der Waals surface area contributed by atoms with Crippen molar-refractivity contribution in [1.82, 2.24) is 0 Å². The molecule has 0 heterocycles. The number of Topliss-reactive ketones (excluding diaryl/α,β-unsaturated/α-hetero) is 1. The van der Waals surface area contributed by atoms with Gasteiger partial charge in [-0.1, -0.05) is 0 Å². The summed E-state index contributed by atoms with van der Waals surface area (Å²) >= 11 is 0. The van der Waals surface area contributed by atoms with Gasteiger partial charge in [0, 0.05) is 0 Å². The Labute approximate surface area is 71.5 Å². The van der Waals surface area contributed by atoms with E-state index in [1.165, 1.54) is 0 Å². The molecule has 72 valence electrons. The summed E-state index contributed by atoms with van der Waals surface area (Å²) in [6, 6.07) is 0. The summed E-state index contributed by atoms with van der Waals surface area (Å²) in [6.45, 7) is -4.12. The third-order valence-corrected chi connectivity index (χ3v) is 1.22. The molecule has 0 radical (unpaired) electrons. The molecular formula is C6H12O6. The highest BCUT2D eigenvalue weighted by Gasteiger charge is 2.28. The molecule has 0 unspecified atom stereocenters. The van der Waals surface area contributed by atoms with Crippen LogP contribution in [0.5, 0.6) is 0 Å². The van der Waals surface area contributed by atoms with Gasteiger partial charge >= 0.3 is 0 Å². The van der Waals surface area contributed by atoms with Crippen molar-refractivity contribution in [2.24, 2.45) is 0 Å². The van der Waals surface area contributed by atoms with Gasteiger partial charge in [0.15, 0.2) is 5.78 Å². The second-order valence-corrected chi connectivity index (χ2v) is 2.12. The van der Waals surface area contributed by atoms with Gasteiger partial charge in [-0.3, -0.25) is 4.79 Å². The number of ketones is 1. The highest BCUT2D eigenvalue weighted by molar-refractivity contribution is 5.87. The molecule has 0 aromatic rings. The van der Waals surface area contributed by atoms with Crippen LogP contribution < -0.4 is 0 Å². The number of aliphatic hydroxyl groups is 5. The minimum Gasteiger partial charge on any atom is -0.394 e. The van der Waals surface area contributed by atoms with Crippen LogP contribution in [-0.4, -0.2) is 62.8 Å². The van der Waals surface area contributed by atoms with E-state index in [0.29, 0.717) is 0 Å². The fourth-order valence-corrected chi connectivity index (χ4v) is 0.513. The third-order valence-electron chi connectivity index (χ3n) is 1.22. The van der Waals surface area contributed by atoms with Gasteiger partial charge in [0.1, 0.15) is 18.3 Å². The first-order chi connectivity index (χ1) is 6.21. The van der Waals surface area contributed by atoms with Crippen molar-refractivity contribution >= 4 is 5.78 Å². The molecule has 0 bridgehead atoms. The van der Waals surface area contributed by atoms with E-state index >= 15 is 0 Å². The van der Waals surface area contributed by atoms with Crippen LogP contribution in [0.4, 0.5) is 0 Å². The van der Waals surface area contributed by atoms with Gasteiger partial charge in [0.2, 0.25) is 0 Å². The maximum absolute atomic E-state index is 10.9. The topological polar surface area (TPSA) is 118 Å². The van der Waals surface area contributed by atoms with Crippen LogP contribution >= 0.6 is 0 Å². The zero-order chi connectivity index (χ0) is 11.5. The van der Waals surface area contributed by atoms with Gasteiger partial charge in [-0.2, -0.15) is 0 Å². The van der Waals surface area contributed by atoms with E-state index in [2.05, 4.69) is 0 Å². The number of carbonyl (C=O) groups is 1. The predicted octanol–water partition coefficient (Wildman–Crippen LogP) is -3.38. The highest BCUT2D eigenvalue weighted by Crippen LogP contribution is 1.98. The third kappa shape index (κ3) is 2.84. The Morgan fingerprint density at radius 1 is 1.33 bits per heavy atom. The Balaban J connectivity index is 4.47. The molecule has 3 atom stereocenters. The summed E-state index contributed by atoms with van der Waals surface area (Å²) < 4.78 is 13.2. The number of carbonyl (C=O) groups excluding carboxylic acids is 1. The van der Waals surface area contributed by atoms with Crippen LogP contribution in [-0.2, 0) is 4.79 Å². The zero-order valence-electron chi connectivity index (χ0n) is 8.08. The molecule has 0 spiro atoms. The minimum absolute atomic E-state index is 0.961. The van der Waals surface area contributed by atoms with Crippen molar-refractivity contribution < 1.29 is 33.1 Å². The van der Waals surface area contributed by atoms with Crippen molar-refractivity contribution in [3.8, 4) is 0 Å². The Morgan fingerprint density at radius 3 is 2.17 bits per heavy atom. The minimum atomic E-state index is -3.16. The van der Waals surface area contributed by atoms with E-state index < -0.39 is 37.3 Å². The lowest BCUT2D eigenvalue weighted by Gasteiger charge is -2.16. The van der Waals surface area contributed by atoms with Gasteiger partial charge in [-0.05, 0) is 0 Å². The number of aliphatic hydroxyl groups excluding tert-OH is 4. The first-order valence-electron chi connectivity index (χ1n) is 4.13. The van der Waals surface area contributed by atoms with E-state index in [1.807, 2.05) is 0 Å². The lowest BCUT2D eigenvalue weighted by Crippen LogP contribution is -2.43. The summed E-state index contributed by atoms with van der Waals surface area (Å²) in [6.07, 6.45) is -6.59. The lowest BCUT2D eigenvalue weighted by atomic mass is 10.1. The molecule has 0 aliphatic carbocycles. The van der Waals surface area contributed by atoms with E-state index in [9.17, 15) is 4.79 Å². The summed E-state index contributed by atoms with van der Waals surface area (Å²) in [7, 11) is 0. The van der Waals surface area contributed by atoms with Crippen LogP contribution in [0.15, 0.2) is 0 Å². The normalized spacial score (nSPS) is 22.1. The average molecular weight is 182 g/mol. The van der Waals surface area contributed by atoms with Gasteiger partial charge in [-0.15, -0.1) is 0 Å². The molecule has 6 nitrogen and oxygen atoms in total. The molecular weight excluding hydrogens is 168 g/mol. The standard InChI is InChI=1S/C6H12O6/c7-1-3(9)5(11)6(12)4(10)2-8/h3-5,7-11H,1-2H2/t3-,4+,5-/m1/s1/i1D2. The lowest BCUT2D eigenvalue weighted by molar-refractivity contribution is -0.144. The molecule has 0 fully saturated rings. The van der Waals surface area contributed by atoms with Crippen LogP contribution in [0.3, 0.4) is 0 Å². The molecule has 0 aliphatic rings. The number of hydrogen-bond acceptors (Lipinski definition) is 6. The molecule has 0 saturated carbocycles. The van der Waals surface area contributed by atoms with Crippen molar-refractivity contribution in [1.29, 1.82) is 0 Å². The summed E-state index contributed by atoms with van der Waals surface area (Å²) in [5, 5.41) is 43.5. The maximum Gasteiger partial charge on any atom is 0.194 e. The van der Waals surface area contributed by atoms with Crippen LogP contribution in [0.1, 0.15) is 2.74 Å². The molecule has 0 amide bonds.